The molecule has 0 heterocycles. The van der Waals surface area contributed by atoms with Crippen molar-refractivity contribution in [2.24, 2.45) is 0 Å². The van der Waals surface area contributed by atoms with E-state index < -0.39 is 0 Å². The quantitative estimate of drug-likeness (QED) is 0.452. The van der Waals surface area contributed by atoms with Crippen molar-refractivity contribution in [3.8, 4) is 11.5 Å². The van der Waals surface area contributed by atoms with Crippen LogP contribution < -0.4 is 14.8 Å². The Hall–Kier alpha value is -1.17. The number of nitrogens with zero attached hydrogens (tertiary/aromatic N) is 1. The monoisotopic (exact) mass is 444 g/mol. The number of rotatable bonds is 11. The minimum Gasteiger partial charge on any atom is -0.490 e. The molecule has 0 aliphatic rings. The second kappa shape index (κ2) is 11.7. The van der Waals surface area contributed by atoms with Crippen molar-refractivity contribution in [2.45, 2.75) is 26.5 Å². The number of benzene rings is 2. The summed E-state index contributed by atoms with van der Waals surface area (Å²) >= 11 is 18.9. The van der Waals surface area contributed by atoms with Gasteiger partial charge in [0.2, 0.25) is 0 Å². The molecule has 0 saturated carbocycles. The summed E-state index contributed by atoms with van der Waals surface area (Å²) in [4.78, 5) is 2.17. The molecule has 7 heteroatoms. The van der Waals surface area contributed by atoms with E-state index in [0.717, 1.165) is 30.6 Å². The maximum Gasteiger partial charge on any atom is 0.163 e. The lowest BCUT2D eigenvalue weighted by atomic mass is 10.2. The lowest BCUT2D eigenvalue weighted by molar-refractivity contribution is 0.269. The third-order valence-corrected chi connectivity index (χ3v) is 5.18. The number of halogens is 3. The zero-order valence-electron chi connectivity index (χ0n) is 16.5. The van der Waals surface area contributed by atoms with Gasteiger partial charge in [0.05, 0.1) is 6.61 Å². The third kappa shape index (κ3) is 7.02. The summed E-state index contributed by atoms with van der Waals surface area (Å²) in [6, 6.07) is 9.08. The van der Waals surface area contributed by atoms with Crippen molar-refractivity contribution in [2.75, 3.05) is 33.8 Å². The highest BCUT2D eigenvalue weighted by Crippen LogP contribution is 2.35. The largest absolute Gasteiger partial charge is 0.490 e. The highest BCUT2D eigenvalue weighted by atomic mass is 35.5. The van der Waals surface area contributed by atoms with Gasteiger partial charge in [-0.3, -0.25) is 0 Å². The SMILES string of the molecule is CCOc1cc(CNCCCN(C)C)c(Cl)cc1OCc1c(Cl)cccc1Cl. The van der Waals surface area contributed by atoms with Crippen LogP contribution in [0, 0.1) is 0 Å². The van der Waals surface area contributed by atoms with Gasteiger partial charge in [0.25, 0.3) is 0 Å². The van der Waals surface area contributed by atoms with Gasteiger partial charge in [-0.25, -0.2) is 0 Å². The van der Waals surface area contributed by atoms with E-state index in [9.17, 15) is 0 Å². The fourth-order valence-electron chi connectivity index (χ4n) is 2.66. The van der Waals surface area contributed by atoms with E-state index in [1.165, 1.54) is 0 Å². The molecule has 2 aromatic rings. The molecule has 0 spiro atoms. The molecule has 154 valence electrons. The van der Waals surface area contributed by atoms with Crippen LogP contribution in [0.5, 0.6) is 11.5 Å². The van der Waals surface area contributed by atoms with Gasteiger partial charge in [-0.1, -0.05) is 40.9 Å². The Bertz CT molecular complexity index is 749. The van der Waals surface area contributed by atoms with Crippen molar-refractivity contribution < 1.29 is 9.47 Å². The summed E-state index contributed by atoms with van der Waals surface area (Å²) in [5, 5.41) is 5.18. The number of nitrogens with one attached hydrogen (secondary N) is 1. The molecule has 0 aliphatic carbocycles. The van der Waals surface area contributed by atoms with Crippen LogP contribution >= 0.6 is 34.8 Å². The first-order valence-electron chi connectivity index (χ1n) is 9.28. The molecule has 0 aromatic heterocycles. The zero-order valence-corrected chi connectivity index (χ0v) is 18.8. The second-order valence-electron chi connectivity index (χ2n) is 6.65. The van der Waals surface area contributed by atoms with Crippen molar-refractivity contribution in [1.29, 1.82) is 0 Å². The summed E-state index contributed by atoms with van der Waals surface area (Å²) in [7, 11) is 4.14. The minimum atomic E-state index is 0.233. The first-order chi connectivity index (χ1) is 13.4. The number of ether oxygens (including phenoxy) is 2. The highest BCUT2D eigenvalue weighted by molar-refractivity contribution is 6.36. The summed E-state index contributed by atoms with van der Waals surface area (Å²) in [5.41, 5.74) is 1.70. The predicted octanol–water partition coefficient (Wildman–Crippen LogP) is 5.67. The molecule has 2 aromatic carbocycles. The Kier molecular flexibility index (Phi) is 9.69. The van der Waals surface area contributed by atoms with Crippen LogP contribution in [-0.2, 0) is 13.2 Å². The lowest BCUT2D eigenvalue weighted by Crippen LogP contribution is -2.21. The van der Waals surface area contributed by atoms with Gasteiger partial charge in [0.15, 0.2) is 11.5 Å². The molecule has 2 rings (SSSR count). The van der Waals surface area contributed by atoms with Crippen LogP contribution in [0.25, 0.3) is 0 Å². The Morgan fingerprint density at radius 1 is 0.964 bits per heavy atom. The summed E-state index contributed by atoms with van der Waals surface area (Å²) in [6.45, 7) is 5.33. The van der Waals surface area contributed by atoms with E-state index in [1.807, 2.05) is 13.0 Å². The van der Waals surface area contributed by atoms with E-state index in [1.54, 1.807) is 24.3 Å². The summed E-state index contributed by atoms with van der Waals surface area (Å²) in [6.07, 6.45) is 1.07. The topological polar surface area (TPSA) is 33.7 Å². The van der Waals surface area contributed by atoms with Crippen LogP contribution in [0.2, 0.25) is 15.1 Å². The summed E-state index contributed by atoms with van der Waals surface area (Å²) < 4.78 is 11.7. The van der Waals surface area contributed by atoms with Crippen LogP contribution in [0.4, 0.5) is 0 Å². The predicted molar refractivity (Wildman–Crippen MR) is 118 cm³/mol. The van der Waals surface area contributed by atoms with Gasteiger partial charge in [-0.2, -0.15) is 0 Å². The van der Waals surface area contributed by atoms with Crippen LogP contribution in [-0.4, -0.2) is 38.7 Å². The average Bonchev–Trinajstić information content (AvgIpc) is 2.63. The molecule has 0 unspecified atom stereocenters. The van der Waals surface area contributed by atoms with Gasteiger partial charge in [0, 0.05) is 33.2 Å². The fourth-order valence-corrected chi connectivity index (χ4v) is 3.38. The molecule has 0 amide bonds. The first-order valence-corrected chi connectivity index (χ1v) is 10.4. The van der Waals surface area contributed by atoms with Gasteiger partial charge >= 0.3 is 0 Å². The van der Waals surface area contributed by atoms with Gasteiger partial charge in [-0.05, 0) is 64.3 Å². The van der Waals surface area contributed by atoms with E-state index in [4.69, 9.17) is 44.3 Å². The minimum absolute atomic E-state index is 0.233. The lowest BCUT2D eigenvalue weighted by Gasteiger charge is -2.16. The Morgan fingerprint density at radius 3 is 2.29 bits per heavy atom. The van der Waals surface area contributed by atoms with Crippen molar-refractivity contribution in [1.82, 2.24) is 10.2 Å². The standard InChI is InChI=1S/C21H27Cl3N2O2/c1-4-27-20-11-15(13-25-9-6-10-26(2)3)19(24)12-21(20)28-14-16-17(22)7-5-8-18(16)23/h5,7-8,11-12,25H,4,6,9-10,13-14H2,1-3H3. The number of hydrogen-bond acceptors (Lipinski definition) is 4. The Morgan fingerprint density at radius 2 is 1.64 bits per heavy atom. The normalized spacial score (nSPS) is 11.1. The Labute approximate surface area is 182 Å². The zero-order chi connectivity index (χ0) is 20.5. The first kappa shape index (κ1) is 23.1. The van der Waals surface area contributed by atoms with Crippen LogP contribution in [0.1, 0.15) is 24.5 Å². The molecule has 0 saturated heterocycles. The third-order valence-electron chi connectivity index (χ3n) is 4.12. The van der Waals surface area contributed by atoms with Gasteiger partial charge < -0.3 is 19.7 Å². The summed E-state index contributed by atoms with van der Waals surface area (Å²) in [5.74, 6) is 1.22. The van der Waals surface area contributed by atoms with E-state index in [2.05, 4.69) is 24.3 Å². The van der Waals surface area contributed by atoms with E-state index >= 15 is 0 Å². The molecule has 0 atom stereocenters. The number of hydrogen-bond donors (Lipinski definition) is 1. The maximum atomic E-state index is 6.47. The molecular weight excluding hydrogens is 419 g/mol. The smallest absolute Gasteiger partial charge is 0.163 e. The van der Waals surface area contributed by atoms with E-state index in [0.29, 0.717) is 39.7 Å². The van der Waals surface area contributed by atoms with Gasteiger partial charge in [0.1, 0.15) is 6.61 Å². The highest BCUT2D eigenvalue weighted by Gasteiger charge is 2.13. The van der Waals surface area contributed by atoms with E-state index in [-0.39, 0.29) is 6.61 Å². The molecule has 0 bridgehead atoms. The van der Waals surface area contributed by atoms with Crippen molar-refractivity contribution in [3.63, 3.8) is 0 Å². The average molecular weight is 446 g/mol. The molecular formula is C21H27Cl3N2O2. The maximum absolute atomic E-state index is 6.47. The second-order valence-corrected chi connectivity index (χ2v) is 7.87. The molecule has 4 nitrogen and oxygen atoms in total. The molecule has 28 heavy (non-hydrogen) atoms. The van der Waals surface area contributed by atoms with Crippen molar-refractivity contribution >= 4 is 34.8 Å². The van der Waals surface area contributed by atoms with Crippen molar-refractivity contribution in [3.05, 3.63) is 56.5 Å². The molecule has 1 N–H and O–H groups in total. The fraction of sp³-hybridized carbons (Fsp3) is 0.429. The van der Waals surface area contributed by atoms with Crippen LogP contribution in [0.15, 0.2) is 30.3 Å². The molecule has 0 radical (unpaired) electrons. The molecule has 0 fully saturated rings. The molecule has 0 aliphatic heterocycles. The Balaban J connectivity index is 2.07. The van der Waals surface area contributed by atoms with Crippen LogP contribution in [0.3, 0.4) is 0 Å². The van der Waals surface area contributed by atoms with Gasteiger partial charge in [-0.15, -0.1) is 0 Å².